The molecule has 0 amide bonds. The second-order valence-corrected chi connectivity index (χ2v) is 2.82. The molecule has 0 aromatic rings. The van der Waals surface area contributed by atoms with E-state index in [4.69, 9.17) is 0 Å². The van der Waals surface area contributed by atoms with Crippen LogP contribution in [-0.4, -0.2) is 5.80 Å². The maximum absolute atomic E-state index is 10.6. The van der Waals surface area contributed by atoms with Gasteiger partial charge in [-0.3, -0.25) is 0 Å². The third kappa shape index (κ3) is 4.04. The van der Waals surface area contributed by atoms with Gasteiger partial charge in [-0.05, 0) is 13.0 Å². The molecule has 0 spiro atoms. The summed E-state index contributed by atoms with van der Waals surface area (Å²) < 4.78 is 0. The number of hydrogen-bond acceptors (Lipinski definition) is 1. The molecular weight excluding hydrogens is 119 g/mol. The molecule has 0 fully saturated rings. The van der Waals surface area contributed by atoms with Crippen molar-refractivity contribution in [2.24, 2.45) is 0 Å². The molecule has 1 atom stereocenters. The summed E-state index contributed by atoms with van der Waals surface area (Å²) in [5.74, 6) is 3.51. The predicted molar refractivity (Wildman–Crippen MR) is 38.1 cm³/mol. The molecule has 0 heterocycles. The lowest BCUT2D eigenvalue weighted by atomic mass is 10.6. The van der Waals surface area contributed by atoms with Crippen LogP contribution in [0.3, 0.4) is 0 Å². The Morgan fingerprint density at radius 1 is 1.62 bits per heavy atom. The van der Waals surface area contributed by atoms with E-state index in [9.17, 15) is 4.89 Å². The Kier molecular flexibility index (Phi) is 4.93. The minimum absolute atomic E-state index is 0.888. The predicted octanol–water partition coefficient (Wildman–Crippen LogP) is 1.49. The van der Waals surface area contributed by atoms with Crippen molar-refractivity contribution in [2.75, 3.05) is 0 Å². The fourth-order valence-electron chi connectivity index (χ4n) is 0.388. The normalized spacial score (nSPS) is 13.1. The summed E-state index contributed by atoms with van der Waals surface area (Å²) in [7, 11) is -1.14. The van der Waals surface area contributed by atoms with E-state index in [0.717, 1.165) is 6.42 Å². The maximum Gasteiger partial charge on any atom is 0.104 e. The van der Waals surface area contributed by atoms with Gasteiger partial charge in [-0.25, -0.2) is 0 Å². The summed E-state index contributed by atoms with van der Waals surface area (Å²) in [4.78, 5) is 10.6. The van der Waals surface area contributed by atoms with E-state index in [1.54, 1.807) is 11.6 Å². The zero-order chi connectivity index (χ0) is 6.41. The number of allylic oxidation sites excluding steroid dienone is 1. The second kappa shape index (κ2) is 5.02. The van der Waals surface area contributed by atoms with Gasteiger partial charge in [0, 0.05) is 6.42 Å². The lowest BCUT2D eigenvalue weighted by molar-refractivity contribution is -0.150. The van der Waals surface area contributed by atoms with Crippen LogP contribution < -0.4 is 4.89 Å². The van der Waals surface area contributed by atoms with Crippen molar-refractivity contribution >= 4 is 13.6 Å². The van der Waals surface area contributed by atoms with Gasteiger partial charge in [0.05, 0.1) is 13.6 Å². The molecule has 0 N–H and O–H groups in total. The van der Waals surface area contributed by atoms with Crippen molar-refractivity contribution in [3.63, 3.8) is 0 Å². The topological polar surface area (TPSA) is 23.1 Å². The Morgan fingerprint density at radius 2 is 2.25 bits per heavy atom. The van der Waals surface area contributed by atoms with Crippen LogP contribution in [0, 0.1) is 0 Å². The van der Waals surface area contributed by atoms with Gasteiger partial charge in [-0.1, -0.05) is 6.92 Å². The fraction of sp³-hybridized carbons (Fsp3) is 0.500. The first-order valence-corrected chi connectivity index (χ1v) is 4.12. The van der Waals surface area contributed by atoms with Gasteiger partial charge in [-0.15, -0.1) is 0 Å². The minimum atomic E-state index is -1.14. The molecular formula is C6H11OP. The smallest absolute Gasteiger partial charge is 0.104 e. The average Bonchev–Trinajstić information content (AvgIpc) is 1.68. The van der Waals surface area contributed by atoms with Gasteiger partial charge in [-0.2, -0.15) is 0 Å². The van der Waals surface area contributed by atoms with Crippen molar-refractivity contribution in [3.8, 4) is 0 Å². The van der Waals surface area contributed by atoms with Crippen molar-refractivity contribution in [1.29, 1.82) is 0 Å². The summed E-state index contributed by atoms with van der Waals surface area (Å²) in [6.07, 6.45) is 2.70. The first kappa shape index (κ1) is 7.87. The molecule has 1 unspecified atom stereocenters. The van der Waals surface area contributed by atoms with E-state index in [-0.39, 0.29) is 0 Å². The summed E-state index contributed by atoms with van der Waals surface area (Å²) in [6, 6.07) is 0. The highest BCUT2D eigenvalue weighted by molar-refractivity contribution is 7.53. The quantitative estimate of drug-likeness (QED) is 0.519. The molecule has 0 saturated carbocycles. The van der Waals surface area contributed by atoms with E-state index >= 15 is 0 Å². The number of hydrogen-bond donors (Lipinski definition) is 0. The maximum atomic E-state index is 10.6. The molecule has 46 valence electrons. The summed E-state index contributed by atoms with van der Waals surface area (Å²) >= 11 is 0. The lowest BCUT2D eigenvalue weighted by Crippen LogP contribution is -1.84. The Labute approximate surface area is 51.5 Å². The third-order valence-corrected chi connectivity index (χ3v) is 1.98. The van der Waals surface area contributed by atoms with Crippen LogP contribution in [0.15, 0.2) is 11.9 Å². The Morgan fingerprint density at radius 3 is 2.62 bits per heavy atom. The van der Waals surface area contributed by atoms with Crippen LogP contribution in [0.5, 0.6) is 0 Å². The summed E-state index contributed by atoms with van der Waals surface area (Å²) in [6.45, 7) is 3.85. The zero-order valence-electron chi connectivity index (χ0n) is 5.29. The highest BCUT2D eigenvalue weighted by Gasteiger charge is 1.80. The number of rotatable bonds is 2. The summed E-state index contributed by atoms with van der Waals surface area (Å²) in [5, 5.41) is 0. The highest BCUT2D eigenvalue weighted by atomic mass is 31.1. The third-order valence-electron chi connectivity index (χ3n) is 0.659. The van der Waals surface area contributed by atoms with Crippen LogP contribution >= 0.6 is 7.77 Å². The van der Waals surface area contributed by atoms with Crippen LogP contribution in [0.25, 0.3) is 0 Å². The molecule has 0 aliphatic heterocycles. The molecule has 0 aliphatic rings. The van der Waals surface area contributed by atoms with E-state index in [0.29, 0.717) is 0 Å². The first-order valence-electron chi connectivity index (χ1n) is 2.73. The van der Waals surface area contributed by atoms with E-state index in [2.05, 4.69) is 0 Å². The van der Waals surface area contributed by atoms with E-state index in [1.807, 2.05) is 19.9 Å². The van der Waals surface area contributed by atoms with E-state index in [1.165, 1.54) is 0 Å². The molecule has 0 aliphatic carbocycles. The second-order valence-electron chi connectivity index (χ2n) is 1.43. The molecule has 8 heavy (non-hydrogen) atoms. The molecule has 2 heteroatoms. The van der Waals surface area contributed by atoms with Crippen molar-refractivity contribution < 1.29 is 4.89 Å². The van der Waals surface area contributed by atoms with Gasteiger partial charge in [0.25, 0.3) is 0 Å². The molecule has 0 aromatic carbocycles. The van der Waals surface area contributed by atoms with Gasteiger partial charge in [0.1, 0.15) is 5.82 Å². The van der Waals surface area contributed by atoms with Crippen molar-refractivity contribution in [1.82, 2.24) is 0 Å². The van der Waals surface area contributed by atoms with Crippen molar-refractivity contribution in [3.05, 3.63) is 11.9 Å². The monoisotopic (exact) mass is 130 g/mol. The first-order chi connectivity index (χ1) is 3.81. The van der Waals surface area contributed by atoms with Gasteiger partial charge in [0.15, 0.2) is 0 Å². The van der Waals surface area contributed by atoms with Crippen LogP contribution in [0.2, 0.25) is 0 Å². The molecule has 0 bridgehead atoms. The Hall–Kier alpha value is -0.130. The molecule has 1 nitrogen and oxygen atoms in total. The zero-order valence-corrected chi connectivity index (χ0v) is 6.19. The Bertz CT molecular complexity index is 105. The van der Waals surface area contributed by atoms with Gasteiger partial charge in [0.2, 0.25) is 0 Å². The minimum Gasteiger partial charge on any atom is -0.627 e. The molecule has 0 rings (SSSR count). The van der Waals surface area contributed by atoms with Crippen LogP contribution in [-0.2, 0) is 0 Å². The standard InChI is InChI=1S/C6H11OP/c1-3-5-8(7)6-4-2/h3,5-6H,4H2,1-2H3. The Balaban J connectivity index is 3.61. The largest absolute Gasteiger partial charge is 0.627 e. The molecule has 0 aromatic heterocycles. The fourth-order valence-corrected chi connectivity index (χ4v) is 1.16. The lowest BCUT2D eigenvalue weighted by Gasteiger charge is -1.84. The van der Waals surface area contributed by atoms with Crippen molar-refractivity contribution in [2.45, 2.75) is 20.3 Å². The average molecular weight is 130 g/mol. The summed E-state index contributed by atoms with van der Waals surface area (Å²) in [5.41, 5.74) is 0. The molecule has 0 saturated heterocycles. The molecule has 0 radical (unpaired) electrons. The van der Waals surface area contributed by atoms with E-state index < -0.39 is 7.77 Å². The van der Waals surface area contributed by atoms with Crippen LogP contribution in [0.1, 0.15) is 20.3 Å². The highest BCUT2D eigenvalue weighted by Crippen LogP contribution is 2.10. The van der Waals surface area contributed by atoms with Crippen LogP contribution in [0.4, 0.5) is 0 Å². The SMILES string of the molecule is CC=C[P+]([O-])=CCC. The van der Waals surface area contributed by atoms with Gasteiger partial charge < -0.3 is 4.89 Å². The van der Waals surface area contributed by atoms with Gasteiger partial charge >= 0.3 is 0 Å².